The van der Waals surface area contributed by atoms with E-state index >= 15 is 0 Å². The monoisotopic (exact) mass is 322 g/mol. The fourth-order valence-corrected chi connectivity index (χ4v) is 6.52. The predicted molar refractivity (Wildman–Crippen MR) is 82.6 cm³/mol. The second-order valence-electron chi connectivity index (χ2n) is 3.53. The molecule has 0 aliphatic carbocycles. The van der Waals surface area contributed by atoms with Gasteiger partial charge in [-0.3, -0.25) is 9.36 Å². The van der Waals surface area contributed by atoms with E-state index in [9.17, 15) is 9.36 Å². The minimum Gasteiger partial charge on any atom is -0.305 e. The molecule has 19 heavy (non-hydrogen) atoms. The first-order valence-electron chi connectivity index (χ1n) is 6.15. The van der Waals surface area contributed by atoms with Crippen LogP contribution in [0.1, 0.15) is 20.8 Å². The maximum atomic E-state index is 12.8. The molecule has 1 saturated heterocycles. The Morgan fingerprint density at radius 2 is 1.79 bits per heavy atom. The van der Waals surface area contributed by atoms with Crippen LogP contribution >= 0.6 is 31.1 Å². The molecule has 1 aliphatic rings. The van der Waals surface area contributed by atoms with Gasteiger partial charge >= 0.3 is 7.60 Å². The Kier molecular flexibility index (Phi) is 7.47. The Balaban J connectivity index is 3.24. The van der Waals surface area contributed by atoms with E-state index in [4.69, 9.17) is 9.05 Å². The average molecular weight is 322 g/mol. The Bertz CT molecular complexity index is 413. The summed E-state index contributed by atoms with van der Waals surface area (Å²) in [4.78, 5) is 12.2. The van der Waals surface area contributed by atoms with Gasteiger partial charge in [-0.15, -0.1) is 23.5 Å². The Hall–Kier alpha value is -0.000000000000000153. The number of allylic oxidation sites excluding steroid dienone is 3. The normalized spacial score (nSPS) is 16.3. The van der Waals surface area contributed by atoms with E-state index in [0.29, 0.717) is 0 Å². The summed E-state index contributed by atoms with van der Waals surface area (Å²) < 4.78 is 24.2. The topological polar surface area (TPSA) is 52.6 Å². The molecule has 108 valence electrons. The van der Waals surface area contributed by atoms with Gasteiger partial charge in [0.15, 0.2) is 5.78 Å². The molecule has 1 fully saturated rings. The van der Waals surface area contributed by atoms with Gasteiger partial charge in [-0.2, -0.15) is 0 Å². The van der Waals surface area contributed by atoms with E-state index in [1.807, 2.05) is 0 Å². The minimum absolute atomic E-state index is 0.196. The summed E-state index contributed by atoms with van der Waals surface area (Å²) in [5.74, 6) is 1.53. The van der Waals surface area contributed by atoms with E-state index in [0.717, 1.165) is 15.7 Å². The molecule has 0 radical (unpaired) electrons. The molecule has 0 aromatic heterocycles. The van der Waals surface area contributed by atoms with Crippen molar-refractivity contribution in [3.63, 3.8) is 0 Å². The van der Waals surface area contributed by atoms with Crippen molar-refractivity contribution in [2.75, 3.05) is 24.7 Å². The highest BCUT2D eigenvalue weighted by molar-refractivity contribution is 8.25. The lowest BCUT2D eigenvalue weighted by atomic mass is 10.3. The molecule has 0 N–H and O–H groups in total. The fraction of sp³-hybridized carbons (Fsp3) is 0.583. The van der Waals surface area contributed by atoms with Crippen LogP contribution in [0.4, 0.5) is 0 Å². The van der Waals surface area contributed by atoms with Gasteiger partial charge < -0.3 is 9.05 Å². The summed E-state index contributed by atoms with van der Waals surface area (Å²) in [5, 5.41) is 0.196. The van der Waals surface area contributed by atoms with Crippen LogP contribution in [0.3, 0.4) is 0 Å². The molecule has 0 aromatic rings. The van der Waals surface area contributed by atoms with Crippen LogP contribution in [0.2, 0.25) is 0 Å². The fourth-order valence-electron chi connectivity index (χ4n) is 1.53. The number of hydrogen-bond donors (Lipinski definition) is 0. The van der Waals surface area contributed by atoms with Crippen molar-refractivity contribution in [3.05, 3.63) is 21.7 Å². The quantitative estimate of drug-likeness (QED) is 0.521. The minimum atomic E-state index is -3.53. The smallest absolute Gasteiger partial charge is 0.305 e. The summed E-state index contributed by atoms with van der Waals surface area (Å²) in [6.45, 7) is 5.71. The van der Waals surface area contributed by atoms with Crippen LogP contribution in [0.15, 0.2) is 21.7 Å². The first-order chi connectivity index (χ1) is 9.09. The van der Waals surface area contributed by atoms with E-state index in [1.54, 1.807) is 26.8 Å². The van der Waals surface area contributed by atoms with Crippen LogP contribution in [-0.2, 0) is 18.4 Å². The molecule has 0 aromatic carbocycles. The van der Waals surface area contributed by atoms with Gasteiger partial charge in [0.25, 0.3) is 0 Å². The lowest BCUT2D eigenvalue weighted by molar-refractivity contribution is -0.110. The number of carbonyl (C=O) groups is 1. The number of thioether (sulfide) groups is 2. The summed E-state index contributed by atoms with van der Waals surface area (Å²) in [7, 11) is -3.53. The summed E-state index contributed by atoms with van der Waals surface area (Å²) in [6.07, 6.45) is 3.04. The average Bonchev–Trinajstić information content (AvgIpc) is 2.83. The molecule has 1 rings (SSSR count). The van der Waals surface area contributed by atoms with E-state index in [-0.39, 0.29) is 24.3 Å². The van der Waals surface area contributed by atoms with E-state index in [1.165, 1.54) is 29.6 Å². The zero-order valence-corrected chi connectivity index (χ0v) is 13.9. The Morgan fingerprint density at radius 1 is 1.26 bits per heavy atom. The molecule has 0 bridgehead atoms. The molecule has 7 heteroatoms. The van der Waals surface area contributed by atoms with Crippen LogP contribution < -0.4 is 0 Å². The zero-order chi connectivity index (χ0) is 14.3. The second kappa shape index (κ2) is 8.32. The number of carbonyl (C=O) groups excluding carboxylic acids is 1. The van der Waals surface area contributed by atoms with Crippen LogP contribution in [0.25, 0.3) is 0 Å². The standard InChI is InChI=1S/C12H19O4PS2/c1-4-7-10(13)11(12-18-8-9-19-12)17(14,15-5-2)16-6-3/h4,7H,5-6,8-9H2,1-3H3/b7-4+. The highest BCUT2D eigenvalue weighted by Gasteiger charge is 2.37. The summed E-state index contributed by atoms with van der Waals surface area (Å²) >= 11 is 3.08. The largest absolute Gasteiger partial charge is 0.366 e. The predicted octanol–water partition coefficient (Wildman–Crippen LogP) is 4.05. The molecule has 4 nitrogen and oxygen atoms in total. The van der Waals surface area contributed by atoms with Gasteiger partial charge in [0.2, 0.25) is 0 Å². The lowest BCUT2D eigenvalue weighted by Crippen LogP contribution is -2.07. The van der Waals surface area contributed by atoms with Gasteiger partial charge in [-0.1, -0.05) is 6.08 Å². The third-order valence-corrected chi connectivity index (χ3v) is 7.37. The molecule has 0 unspecified atom stereocenters. The van der Waals surface area contributed by atoms with Crippen molar-refractivity contribution in [1.82, 2.24) is 0 Å². The number of hydrogen-bond acceptors (Lipinski definition) is 6. The van der Waals surface area contributed by atoms with Crippen molar-refractivity contribution in [3.8, 4) is 0 Å². The number of ketones is 1. The molecule has 0 saturated carbocycles. The zero-order valence-electron chi connectivity index (χ0n) is 11.4. The van der Waals surface area contributed by atoms with Crippen molar-refractivity contribution in [2.24, 2.45) is 0 Å². The SMILES string of the molecule is C/C=C/C(=O)C(=C1SCCS1)P(=O)(OCC)OCC. The van der Waals surface area contributed by atoms with Crippen molar-refractivity contribution in [1.29, 1.82) is 0 Å². The molecule has 0 atom stereocenters. The van der Waals surface area contributed by atoms with Gasteiger partial charge in [0, 0.05) is 11.5 Å². The third-order valence-electron chi connectivity index (χ3n) is 2.17. The molecule has 1 aliphatic heterocycles. The molecular formula is C12H19O4PS2. The van der Waals surface area contributed by atoms with Gasteiger partial charge in [0.1, 0.15) is 5.31 Å². The molecular weight excluding hydrogens is 303 g/mol. The van der Waals surface area contributed by atoms with Gasteiger partial charge in [0.05, 0.1) is 17.5 Å². The highest BCUT2D eigenvalue weighted by atomic mass is 32.2. The second-order valence-corrected chi connectivity index (χ2v) is 7.96. The summed E-state index contributed by atoms with van der Waals surface area (Å²) in [6, 6.07) is 0. The van der Waals surface area contributed by atoms with E-state index < -0.39 is 7.60 Å². The highest BCUT2D eigenvalue weighted by Crippen LogP contribution is 2.61. The first kappa shape index (κ1) is 17.1. The molecule has 0 spiro atoms. The maximum Gasteiger partial charge on any atom is 0.366 e. The van der Waals surface area contributed by atoms with Crippen LogP contribution in [0, 0.1) is 0 Å². The lowest BCUT2D eigenvalue weighted by Gasteiger charge is -2.19. The van der Waals surface area contributed by atoms with Crippen LogP contribution in [0.5, 0.6) is 0 Å². The van der Waals surface area contributed by atoms with Crippen molar-refractivity contribution in [2.45, 2.75) is 20.8 Å². The van der Waals surface area contributed by atoms with Crippen LogP contribution in [-0.4, -0.2) is 30.5 Å². The van der Waals surface area contributed by atoms with Gasteiger partial charge in [-0.05, 0) is 26.8 Å². The van der Waals surface area contributed by atoms with E-state index in [2.05, 4.69) is 0 Å². The maximum absolute atomic E-state index is 12.8. The number of rotatable bonds is 7. The summed E-state index contributed by atoms with van der Waals surface area (Å²) in [5.41, 5.74) is 0. The third kappa shape index (κ3) is 4.50. The first-order valence-corrected chi connectivity index (χ1v) is 9.67. The van der Waals surface area contributed by atoms with Crippen molar-refractivity contribution < 1.29 is 18.4 Å². The Labute approximate surface area is 122 Å². The van der Waals surface area contributed by atoms with Crippen molar-refractivity contribution >= 4 is 36.9 Å². The van der Waals surface area contributed by atoms with Gasteiger partial charge in [-0.25, -0.2) is 0 Å². The molecule has 1 heterocycles. The molecule has 0 amide bonds. The Morgan fingerprint density at radius 3 is 2.21 bits per heavy atom.